The van der Waals surface area contributed by atoms with Gasteiger partial charge in [-0.3, -0.25) is 9.59 Å². The lowest BCUT2D eigenvalue weighted by molar-refractivity contribution is -0.130. The van der Waals surface area contributed by atoms with Crippen molar-refractivity contribution < 1.29 is 19.1 Å². The number of carbonyl (C=O) groups excluding carboxylic acids is 3. The lowest BCUT2D eigenvalue weighted by Crippen LogP contribution is -2.58. The summed E-state index contributed by atoms with van der Waals surface area (Å²) in [6, 6.07) is 16.0. The largest absolute Gasteiger partial charge is 0.489 e. The van der Waals surface area contributed by atoms with E-state index in [2.05, 4.69) is 27.8 Å². The molecule has 3 atom stereocenters. The van der Waals surface area contributed by atoms with Crippen LogP contribution >= 0.6 is 0 Å². The summed E-state index contributed by atoms with van der Waals surface area (Å²) in [6.07, 6.45) is 8.03. The first-order valence-electron chi connectivity index (χ1n) is 17.4. The molecule has 2 saturated heterocycles. The van der Waals surface area contributed by atoms with Gasteiger partial charge in [0.05, 0.1) is 0 Å². The highest BCUT2D eigenvalue weighted by Gasteiger charge is 2.31. The van der Waals surface area contributed by atoms with Gasteiger partial charge in [0.15, 0.2) is 0 Å². The number of carbonyl (C=O) groups is 3. The van der Waals surface area contributed by atoms with Gasteiger partial charge in [0.25, 0.3) is 0 Å². The zero-order chi connectivity index (χ0) is 32.7. The topological polar surface area (TPSA) is 103 Å². The standard InChI is InChI=1S/C37H55N5O4/c1-4-20-41-21-12-15-31(26-41)38-35(43)34(25-29-16-18-32(19-17-29)46-27-30-13-8-7-9-14-30)39-36(44)33(24-28(2)3)40-37(45)42-22-10-5-6-11-23-42/h7-9,13-14,16-19,28,31,33-34H,4-6,10-12,15,20-27H2,1-3H3,(H,38,43)(H,39,44)(H,40,45). The van der Waals surface area contributed by atoms with Gasteiger partial charge in [0.2, 0.25) is 11.8 Å². The molecule has 9 heteroatoms. The van der Waals surface area contributed by atoms with Crippen molar-refractivity contribution in [2.45, 2.75) is 103 Å². The van der Waals surface area contributed by atoms with Gasteiger partial charge in [0, 0.05) is 32.1 Å². The van der Waals surface area contributed by atoms with Crippen LogP contribution in [0.5, 0.6) is 5.75 Å². The number of hydrogen-bond donors (Lipinski definition) is 3. The highest BCUT2D eigenvalue weighted by atomic mass is 16.5. The fourth-order valence-electron chi connectivity index (χ4n) is 6.39. The van der Waals surface area contributed by atoms with Crippen LogP contribution in [0.15, 0.2) is 54.6 Å². The molecule has 46 heavy (non-hydrogen) atoms. The summed E-state index contributed by atoms with van der Waals surface area (Å²) in [6.45, 7) is 11.0. The van der Waals surface area contributed by atoms with E-state index in [0.29, 0.717) is 32.5 Å². The van der Waals surface area contributed by atoms with E-state index in [4.69, 9.17) is 4.74 Å². The SMILES string of the molecule is CCCN1CCCC(NC(=O)C(Cc2ccc(OCc3ccccc3)cc2)NC(=O)C(CC(C)C)NC(=O)N2CCCCCC2)C1. The molecule has 0 aliphatic carbocycles. The first-order chi connectivity index (χ1) is 22.3. The van der Waals surface area contributed by atoms with Crippen molar-refractivity contribution in [3.8, 4) is 5.75 Å². The molecule has 0 aromatic heterocycles. The van der Waals surface area contributed by atoms with Crippen molar-refractivity contribution in [1.29, 1.82) is 0 Å². The number of urea groups is 1. The van der Waals surface area contributed by atoms with Gasteiger partial charge in [-0.1, -0.05) is 76.1 Å². The van der Waals surface area contributed by atoms with Crippen LogP contribution in [-0.2, 0) is 22.6 Å². The van der Waals surface area contributed by atoms with Gasteiger partial charge in [-0.15, -0.1) is 0 Å². The van der Waals surface area contributed by atoms with E-state index in [0.717, 1.165) is 81.5 Å². The maximum absolute atomic E-state index is 13.8. The molecule has 2 heterocycles. The van der Waals surface area contributed by atoms with Crippen molar-refractivity contribution >= 4 is 17.8 Å². The second-order valence-electron chi connectivity index (χ2n) is 13.4. The molecule has 2 aliphatic rings. The Balaban J connectivity index is 1.45. The zero-order valence-corrected chi connectivity index (χ0v) is 28.1. The minimum absolute atomic E-state index is 0.0372. The summed E-state index contributed by atoms with van der Waals surface area (Å²) in [7, 11) is 0. The predicted molar refractivity (Wildman–Crippen MR) is 183 cm³/mol. The summed E-state index contributed by atoms with van der Waals surface area (Å²) >= 11 is 0. The Morgan fingerprint density at radius 2 is 1.54 bits per heavy atom. The van der Waals surface area contributed by atoms with E-state index >= 15 is 0 Å². The Morgan fingerprint density at radius 1 is 0.826 bits per heavy atom. The summed E-state index contributed by atoms with van der Waals surface area (Å²) in [5.41, 5.74) is 2.00. The molecule has 2 aromatic rings. The molecule has 0 spiro atoms. The Morgan fingerprint density at radius 3 is 2.22 bits per heavy atom. The first kappa shape index (κ1) is 35.3. The Labute approximate surface area is 275 Å². The molecule has 9 nitrogen and oxygen atoms in total. The van der Waals surface area contributed by atoms with Crippen LogP contribution in [0, 0.1) is 5.92 Å². The maximum atomic E-state index is 13.8. The smallest absolute Gasteiger partial charge is 0.318 e. The molecule has 4 amide bonds. The molecule has 3 N–H and O–H groups in total. The number of nitrogens with one attached hydrogen (secondary N) is 3. The van der Waals surface area contributed by atoms with Crippen LogP contribution < -0.4 is 20.7 Å². The molecule has 3 unspecified atom stereocenters. The molecule has 0 bridgehead atoms. The predicted octanol–water partition coefficient (Wildman–Crippen LogP) is 5.28. The van der Waals surface area contributed by atoms with E-state index in [1.165, 1.54) is 0 Å². The van der Waals surface area contributed by atoms with Crippen molar-refractivity contribution in [2.24, 2.45) is 5.92 Å². The van der Waals surface area contributed by atoms with Crippen molar-refractivity contribution in [3.05, 3.63) is 65.7 Å². The Hall–Kier alpha value is -3.59. The average molecular weight is 634 g/mol. The monoisotopic (exact) mass is 633 g/mol. The van der Waals surface area contributed by atoms with Crippen molar-refractivity contribution in [1.82, 2.24) is 25.8 Å². The lowest BCUT2D eigenvalue weighted by Gasteiger charge is -2.34. The number of amides is 4. The van der Waals surface area contributed by atoms with Crippen LogP contribution in [0.2, 0.25) is 0 Å². The fraction of sp³-hybridized carbons (Fsp3) is 0.595. The van der Waals surface area contributed by atoms with E-state index < -0.39 is 12.1 Å². The zero-order valence-electron chi connectivity index (χ0n) is 28.1. The molecule has 2 aliphatic heterocycles. The summed E-state index contributed by atoms with van der Waals surface area (Å²) < 4.78 is 5.96. The molecule has 4 rings (SSSR count). The Kier molecular flexibility index (Phi) is 14.2. The summed E-state index contributed by atoms with van der Waals surface area (Å²) in [5, 5.41) is 9.31. The highest BCUT2D eigenvalue weighted by molar-refractivity contribution is 5.92. The van der Waals surface area contributed by atoms with Crippen molar-refractivity contribution in [3.63, 3.8) is 0 Å². The van der Waals surface area contributed by atoms with Crippen LogP contribution in [-0.4, -0.2) is 78.5 Å². The molecular weight excluding hydrogens is 578 g/mol. The van der Waals surface area contributed by atoms with Gasteiger partial charge < -0.3 is 30.5 Å². The normalized spacial score (nSPS) is 18.7. The van der Waals surface area contributed by atoms with Gasteiger partial charge in [-0.25, -0.2) is 4.79 Å². The summed E-state index contributed by atoms with van der Waals surface area (Å²) in [4.78, 5) is 45.1. The van der Waals surface area contributed by atoms with Gasteiger partial charge >= 0.3 is 6.03 Å². The van der Waals surface area contributed by atoms with E-state index in [-0.39, 0.29) is 29.8 Å². The molecule has 2 aromatic carbocycles. The number of likely N-dealkylation sites (tertiary alicyclic amines) is 2. The lowest BCUT2D eigenvalue weighted by atomic mass is 10.00. The molecule has 252 valence electrons. The highest BCUT2D eigenvalue weighted by Crippen LogP contribution is 2.17. The van der Waals surface area contributed by atoms with Crippen molar-refractivity contribution in [2.75, 3.05) is 32.7 Å². The second-order valence-corrected chi connectivity index (χ2v) is 13.4. The van der Waals surface area contributed by atoms with Crippen LogP contribution in [0.25, 0.3) is 0 Å². The third kappa shape index (κ3) is 11.6. The van der Waals surface area contributed by atoms with Gasteiger partial charge in [-0.2, -0.15) is 0 Å². The molecule has 0 radical (unpaired) electrons. The third-order valence-electron chi connectivity index (χ3n) is 8.85. The van der Waals surface area contributed by atoms with E-state index in [9.17, 15) is 14.4 Å². The quantitative estimate of drug-likeness (QED) is 0.263. The first-order valence-corrected chi connectivity index (χ1v) is 17.4. The molecule has 2 fully saturated rings. The molecular formula is C37H55N5O4. The number of ether oxygens (including phenoxy) is 1. The number of benzene rings is 2. The number of hydrogen-bond acceptors (Lipinski definition) is 5. The van der Waals surface area contributed by atoms with Crippen LogP contribution in [0.4, 0.5) is 4.79 Å². The average Bonchev–Trinajstić information content (AvgIpc) is 3.34. The minimum Gasteiger partial charge on any atom is -0.489 e. The van der Waals surface area contributed by atoms with Gasteiger partial charge in [-0.05, 0) is 80.8 Å². The van der Waals surface area contributed by atoms with Gasteiger partial charge in [0.1, 0.15) is 24.4 Å². The van der Waals surface area contributed by atoms with Crippen LogP contribution in [0.1, 0.15) is 83.3 Å². The minimum atomic E-state index is -0.783. The number of nitrogens with zero attached hydrogens (tertiary/aromatic N) is 2. The van der Waals surface area contributed by atoms with E-state index in [1.54, 1.807) is 0 Å². The van der Waals surface area contributed by atoms with Crippen LogP contribution in [0.3, 0.4) is 0 Å². The second kappa shape index (κ2) is 18.5. The number of piperidine rings is 1. The Bertz CT molecular complexity index is 1210. The maximum Gasteiger partial charge on any atom is 0.318 e. The van der Waals surface area contributed by atoms with E-state index in [1.807, 2.05) is 73.3 Å². The third-order valence-corrected chi connectivity index (χ3v) is 8.85. The molecule has 0 saturated carbocycles. The summed E-state index contributed by atoms with van der Waals surface area (Å²) in [5.74, 6) is 0.408. The number of rotatable bonds is 14. The fourth-order valence-corrected chi connectivity index (χ4v) is 6.39.